The molecule has 10 heteroatoms. The van der Waals surface area contributed by atoms with Gasteiger partial charge in [-0.1, -0.05) is 41.9 Å². The van der Waals surface area contributed by atoms with Crippen molar-refractivity contribution in [1.29, 1.82) is 0 Å². The standard InChI is InChI=1S/C21H21ClN6O3/c22-16-8-9-17(28-13-24-25-26-28)15(11-16)12-23-20(30)18-7-4-10-27(18)21(31)19(29)14-5-2-1-3-6-14/h1-3,5-6,8-9,11,13,18-19,29H,4,7,10,12H2,(H,23,30)/t18-,19+/m0/s1. The van der Waals surface area contributed by atoms with Crippen LogP contribution in [0.2, 0.25) is 5.02 Å². The maximum absolute atomic E-state index is 12.9. The lowest BCUT2D eigenvalue weighted by Crippen LogP contribution is -2.47. The minimum absolute atomic E-state index is 0.189. The van der Waals surface area contributed by atoms with Gasteiger partial charge in [0.2, 0.25) is 5.91 Å². The van der Waals surface area contributed by atoms with Crippen LogP contribution < -0.4 is 5.32 Å². The molecule has 160 valence electrons. The fraction of sp³-hybridized carbons (Fsp3) is 0.286. The van der Waals surface area contributed by atoms with Gasteiger partial charge < -0.3 is 15.3 Å². The van der Waals surface area contributed by atoms with Gasteiger partial charge in [0, 0.05) is 18.1 Å². The molecular weight excluding hydrogens is 420 g/mol. The third kappa shape index (κ3) is 4.57. The smallest absolute Gasteiger partial charge is 0.256 e. The highest BCUT2D eigenvalue weighted by Crippen LogP contribution is 2.24. The highest BCUT2D eigenvalue weighted by atomic mass is 35.5. The van der Waals surface area contributed by atoms with Gasteiger partial charge >= 0.3 is 0 Å². The van der Waals surface area contributed by atoms with Gasteiger partial charge in [0.1, 0.15) is 12.4 Å². The summed E-state index contributed by atoms with van der Waals surface area (Å²) in [4.78, 5) is 27.2. The van der Waals surface area contributed by atoms with Gasteiger partial charge in [-0.05, 0) is 52.6 Å². The summed E-state index contributed by atoms with van der Waals surface area (Å²) in [7, 11) is 0. The van der Waals surface area contributed by atoms with Gasteiger partial charge in [0.05, 0.1) is 5.69 Å². The Morgan fingerprint density at radius 1 is 1.23 bits per heavy atom. The van der Waals surface area contributed by atoms with Crippen LogP contribution in [-0.4, -0.2) is 54.6 Å². The van der Waals surface area contributed by atoms with E-state index < -0.39 is 18.1 Å². The minimum atomic E-state index is -1.30. The van der Waals surface area contributed by atoms with Crippen LogP contribution >= 0.6 is 11.6 Å². The van der Waals surface area contributed by atoms with Crippen molar-refractivity contribution in [2.75, 3.05) is 6.54 Å². The third-order valence-corrected chi connectivity index (χ3v) is 5.51. The highest BCUT2D eigenvalue weighted by Gasteiger charge is 2.37. The van der Waals surface area contributed by atoms with Crippen LogP contribution in [0.15, 0.2) is 54.9 Å². The van der Waals surface area contributed by atoms with Crippen LogP contribution in [0.1, 0.15) is 30.1 Å². The van der Waals surface area contributed by atoms with Gasteiger partial charge in [0.25, 0.3) is 5.91 Å². The number of likely N-dealkylation sites (tertiary alicyclic amines) is 1. The number of halogens is 1. The Kier molecular flexibility index (Phi) is 6.24. The van der Waals surface area contributed by atoms with E-state index in [0.717, 1.165) is 5.56 Å². The van der Waals surface area contributed by atoms with Gasteiger partial charge in [-0.2, -0.15) is 0 Å². The second-order valence-electron chi connectivity index (χ2n) is 7.25. The summed E-state index contributed by atoms with van der Waals surface area (Å²) >= 11 is 6.12. The molecule has 1 aromatic heterocycles. The van der Waals surface area contributed by atoms with Crippen LogP contribution in [0, 0.1) is 0 Å². The number of aromatic nitrogens is 4. The summed E-state index contributed by atoms with van der Waals surface area (Å²) in [6, 6.07) is 13.3. The van der Waals surface area contributed by atoms with Gasteiger partial charge in [-0.15, -0.1) is 5.10 Å². The average molecular weight is 441 g/mol. The molecule has 2 aromatic carbocycles. The molecule has 0 bridgehead atoms. The predicted molar refractivity (Wildman–Crippen MR) is 112 cm³/mol. The second kappa shape index (κ2) is 9.23. The molecule has 1 saturated heterocycles. The second-order valence-corrected chi connectivity index (χ2v) is 7.68. The summed E-state index contributed by atoms with van der Waals surface area (Å²) in [5.41, 5.74) is 1.92. The number of aliphatic hydroxyl groups is 1. The quantitative estimate of drug-likeness (QED) is 0.602. The molecule has 2 N–H and O–H groups in total. The SMILES string of the molecule is O=C(NCc1cc(Cl)ccc1-n1cnnn1)[C@@H]1CCCN1C(=O)[C@H](O)c1ccccc1. The van der Waals surface area contributed by atoms with Crippen LogP contribution in [0.25, 0.3) is 5.69 Å². The summed E-state index contributed by atoms with van der Waals surface area (Å²) in [6.07, 6.45) is 1.39. The van der Waals surface area contributed by atoms with E-state index in [0.29, 0.717) is 35.7 Å². The van der Waals surface area contributed by atoms with Crippen LogP contribution in [0.5, 0.6) is 0 Å². The lowest BCUT2D eigenvalue weighted by Gasteiger charge is -2.26. The molecule has 2 heterocycles. The number of amides is 2. The van der Waals surface area contributed by atoms with Crippen molar-refractivity contribution < 1.29 is 14.7 Å². The van der Waals surface area contributed by atoms with Gasteiger partial charge in [-0.25, -0.2) is 4.68 Å². The molecule has 1 aliphatic heterocycles. The first-order chi connectivity index (χ1) is 15.0. The average Bonchev–Trinajstić information content (AvgIpc) is 3.49. The van der Waals surface area contributed by atoms with Crippen molar-refractivity contribution in [2.45, 2.75) is 31.5 Å². The maximum Gasteiger partial charge on any atom is 0.256 e. The molecule has 0 aliphatic carbocycles. The summed E-state index contributed by atoms with van der Waals surface area (Å²) in [6.45, 7) is 0.613. The first-order valence-electron chi connectivity index (χ1n) is 9.87. The van der Waals surface area contributed by atoms with Crippen molar-refractivity contribution in [3.63, 3.8) is 0 Å². The van der Waals surface area contributed by atoms with Crippen LogP contribution in [0.3, 0.4) is 0 Å². The molecule has 1 fully saturated rings. The first kappa shape index (κ1) is 21.0. The number of hydrogen-bond acceptors (Lipinski definition) is 6. The Balaban J connectivity index is 1.45. The number of carbonyl (C=O) groups excluding carboxylic acids is 2. The lowest BCUT2D eigenvalue weighted by atomic mass is 10.1. The molecule has 2 amide bonds. The number of carbonyl (C=O) groups is 2. The maximum atomic E-state index is 12.9. The monoisotopic (exact) mass is 440 g/mol. The number of nitrogens with zero attached hydrogens (tertiary/aromatic N) is 5. The van der Waals surface area contributed by atoms with E-state index in [1.807, 2.05) is 6.07 Å². The van der Waals surface area contributed by atoms with E-state index in [2.05, 4.69) is 20.8 Å². The van der Waals surface area contributed by atoms with Crippen LogP contribution in [0.4, 0.5) is 0 Å². The topological polar surface area (TPSA) is 113 Å². The molecule has 9 nitrogen and oxygen atoms in total. The number of rotatable bonds is 6. The number of nitrogens with one attached hydrogen (secondary N) is 1. The zero-order valence-corrected chi connectivity index (χ0v) is 17.3. The Bertz CT molecular complexity index is 1060. The third-order valence-electron chi connectivity index (χ3n) is 5.28. The summed E-state index contributed by atoms with van der Waals surface area (Å²) < 4.78 is 1.49. The van der Waals surface area contributed by atoms with Crippen molar-refractivity contribution in [1.82, 2.24) is 30.4 Å². The van der Waals surface area contributed by atoms with E-state index in [-0.39, 0.29) is 12.5 Å². The normalized spacial score (nSPS) is 16.8. The van der Waals surface area contributed by atoms with E-state index in [9.17, 15) is 14.7 Å². The Morgan fingerprint density at radius 3 is 2.77 bits per heavy atom. The molecule has 2 atom stereocenters. The van der Waals surface area contributed by atoms with E-state index in [1.165, 1.54) is 15.9 Å². The molecule has 3 aromatic rings. The lowest BCUT2D eigenvalue weighted by molar-refractivity contribution is -0.145. The number of aliphatic hydroxyl groups excluding tert-OH is 1. The predicted octanol–water partition coefficient (Wildman–Crippen LogP) is 1.66. The number of tetrazole rings is 1. The zero-order chi connectivity index (χ0) is 21.8. The van der Waals surface area contributed by atoms with E-state index >= 15 is 0 Å². The fourth-order valence-electron chi connectivity index (χ4n) is 3.73. The molecule has 0 radical (unpaired) electrons. The van der Waals surface area contributed by atoms with Crippen molar-refractivity contribution in [3.05, 3.63) is 71.0 Å². The van der Waals surface area contributed by atoms with E-state index in [4.69, 9.17) is 11.6 Å². The van der Waals surface area contributed by atoms with E-state index in [1.54, 1.807) is 42.5 Å². The van der Waals surface area contributed by atoms with Gasteiger partial charge in [0.15, 0.2) is 6.10 Å². The van der Waals surface area contributed by atoms with Crippen molar-refractivity contribution in [2.24, 2.45) is 0 Å². The van der Waals surface area contributed by atoms with Gasteiger partial charge in [-0.3, -0.25) is 9.59 Å². The Morgan fingerprint density at radius 2 is 2.03 bits per heavy atom. The zero-order valence-electron chi connectivity index (χ0n) is 16.6. The largest absolute Gasteiger partial charge is 0.378 e. The molecule has 0 unspecified atom stereocenters. The summed E-state index contributed by atoms with van der Waals surface area (Å²) in [5, 5.41) is 25.0. The summed E-state index contributed by atoms with van der Waals surface area (Å²) in [5.74, 6) is -0.755. The minimum Gasteiger partial charge on any atom is -0.378 e. The number of benzene rings is 2. The molecule has 1 aliphatic rings. The molecule has 31 heavy (non-hydrogen) atoms. The van der Waals surface area contributed by atoms with Crippen LogP contribution in [-0.2, 0) is 16.1 Å². The van der Waals surface area contributed by atoms with Crippen molar-refractivity contribution >= 4 is 23.4 Å². The molecular formula is C21H21ClN6O3. The molecule has 0 spiro atoms. The number of hydrogen-bond donors (Lipinski definition) is 2. The fourth-order valence-corrected chi connectivity index (χ4v) is 3.92. The first-order valence-corrected chi connectivity index (χ1v) is 10.3. The molecule has 0 saturated carbocycles. The van der Waals surface area contributed by atoms with Crippen molar-refractivity contribution in [3.8, 4) is 5.69 Å². The Labute approximate surface area is 183 Å². The molecule has 4 rings (SSSR count). The Hall–Kier alpha value is -3.30. The highest BCUT2D eigenvalue weighted by molar-refractivity contribution is 6.30.